The average Bonchev–Trinajstić information content (AvgIpc) is 3.00. The molecule has 0 spiro atoms. The first kappa shape index (κ1) is 33.1. The van der Waals surface area contributed by atoms with E-state index in [1.165, 1.54) is 13.2 Å². The summed E-state index contributed by atoms with van der Waals surface area (Å²) < 4.78 is 17.6. The Bertz CT molecular complexity index is 1530. The zero-order chi connectivity index (χ0) is 31.5. The van der Waals surface area contributed by atoms with Gasteiger partial charge < -0.3 is 40.4 Å². The summed E-state index contributed by atoms with van der Waals surface area (Å²) in [6.45, 7) is 4.86. The summed E-state index contributed by atoms with van der Waals surface area (Å²) in [6.07, 6.45) is -0.688. The highest BCUT2D eigenvalue weighted by atomic mass is 35.5. The van der Waals surface area contributed by atoms with Crippen molar-refractivity contribution in [1.29, 1.82) is 0 Å². The maximum Gasteiger partial charge on any atom is 0.202 e. The topological polar surface area (TPSA) is 184 Å². The van der Waals surface area contributed by atoms with E-state index in [9.17, 15) is 30.0 Å². The van der Waals surface area contributed by atoms with E-state index in [1.807, 2.05) is 5.01 Å². The van der Waals surface area contributed by atoms with Crippen LogP contribution in [-0.2, 0) is 15.9 Å². The van der Waals surface area contributed by atoms with Gasteiger partial charge in [-0.2, -0.15) is 5.10 Å². The quantitative estimate of drug-likeness (QED) is 0.203. The van der Waals surface area contributed by atoms with E-state index in [2.05, 4.69) is 0 Å². The van der Waals surface area contributed by atoms with Crippen LogP contribution < -0.4 is 10.5 Å². The highest BCUT2D eigenvalue weighted by Crippen LogP contribution is 2.52. The molecule has 2 aromatic rings. The number of fused-ring (bicyclic) bond motifs is 3. The normalized spacial score (nSPS) is 29.8. The van der Waals surface area contributed by atoms with Crippen molar-refractivity contribution >= 4 is 29.7 Å². The smallest absolute Gasteiger partial charge is 0.202 e. The van der Waals surface area contributed by atoms with Gasteiger partial charge in [-0.25, -0.2) is 0 Å². The monoisotopic (exact) mass is 645 g/mol. The first-order chi connectivity index (χ1) is 20.9. The first-order valence-electron chi connectivity index (χ1n) is 15.1. The van der Waals surface area contributed by atoms with Gasteiger partial charge in [0.15, 0.2) is 12.1 Å². The molecular weight excluding hydrogens is 606 g/mol. The van der Waals surface area contributed by atoms with Crippen LogP contribution in [0.25, 0.3) is 0 Å². The van der Waals surface area contributed by atoms with Gasteiger partial charge in [-0.15, -0.1) is 12.4 Å². The number of hydrogen-bond acceptors (Lipinski definition) is 12. The Kier molecular flexibility index (Phi) is 9.20. The fourth-order valence-corrected chi connectivity index (χ4v) is 6.95. The summed E-state index contributed by atoms with van der Waals surface area (Å²) in [4.78, 5) is 27.7. The number of halogens is 1. The molecule has 4 aliphatic rings. The maximum absolute atomic E-state index is 13.9. The molecule has 2 fully saturated rings. The van der Waals surface area contributed by atoms with Crippen molar-refractivity contribution in [1.82, 2.24) is 5.01 Å². The molecule has 6 atom stereocenters. The van der Waals surface area contributed by atoms with Gasteiger partial charge in [0.25, 0.3) is 0 Å². The van der Waals surface area contributed by atoms with E-state index < -0.39 is 59.3 Å². The van der Waals surface area contributed by atoms with Gasteiger partial charge in [0.2, 0.25) is 5.78 Å². The van der Waals surface area contributed by atoms with Crippen molar-refractivity contribution in [2.75, 3.05) is 20.2 Å². The van der Waals surface area contributed by atoms with Crippen LogP contribution in [0, 0.1) is 0 Å². The van der Waals surface area contributed by atoms with Crippen molar-refractivity contribution in [3.8, 4) is 17.2 Å². The minimum Gasteiger partial charge on any atom is -0.507 e. The van der Waals surface area contributed by atoms with Gasteiger partial charge in [-0.05, 0) is 39.2 Å². The second-order valence-corrected chi connectivity index (χ2v) is 12.3. The van der Waals surface area contributed by atoms with Crippen LogP contribution >= 0.6 is 12.4 Å². The molecule has 13 heteroatoms. The molecule has 0 radical (unpaired) electrons. The van der Waals surface area contributed by atoms with E-state index in [0.29, 0.717) is 5.71 Å². The van der Waals surface area contributed by atoms with Crippen molar-refractivity contribution in [3.05, 3.63) is 51.6 Å². The standard InChI is InChI=1S/C32H39N3O9.ClH/c1-15-27(36)19(33)12-22(43-15)44-21-14-32(41,16(2)34-35-10-5-4-6-11-35)13-18-24(21)31(40)26-25(29(18)38)28(37)17-8-7-9-20(42-3)23(17)30(26)39;/h7-9,15,19,21-22,27,36,38,40-41H,4-6,10-14,33H2,1-3H3;1H/t15-,19-,21-,22-,27+,32-;/m0./s1. The number of rotatable bonds is 5. The second-order valence-electron chi connectivity index (χ2n) is 12.3. The van der Waals surface area contributed by atoms with Crippen LogP contribution in [-0.4, -0.2) is 93.1 Å². The molecular formula is C32H40ClN3O9. The van der Waals surface area contributed by atoms with Gasteiger partial charge in [-0.3, -0.25) is 14.6 Å². The molecule has 0 unspecified atom stereocenters. The van der Waals surface area contributed by atoms with Crippen molar-refractivity contribution < 1.29 is 44.2 Å². The molecule has 244 valence electrons. The van der Waals surface area contributed by atoms with Crippen LogP contribution in [0.5, 0.6) is 17.2 Å². The fourth-order valence-electron chi connectivity index (χ4n) is 6.95. The summed E-state index contributed by atoms with van der Waals surface area (Å²) in [5.41, 5.74) is 4.38. The molecule has 2 heterocycles. The lowest BCUT2D eigenvalue weighted by atomic mass is 9.71. The lowest BCUT2D eigenvalue weighted by molar-refractivity contribution is -0.245. The zero-order valence-electron chi connectivity index (χ0n) is 25.5. The number of ether oxygens (including phenoxy) is 3. The molecule has 6 rings (SSSR count). The van der Waals surface area contributed by atoms with Crippen molar-refractivity contribution in [2.24, 2.45) is 10.8 Å². The SMILES string of the molecule is COc1cccc2c1C(=O)c1c(O)c3c(c(O)c1C2=O)C[C@@](O)(C(C)=NN1CCCCC1)C[C@@H]3O[C@H]1C[C@H](N)[C@H](O)[C@H](C)O1.Cl. The van der Waals surface area contributed by atoms with Crippen molar-refractivity contribution in [2.45, 2.75) is 88.6 Å². The van der Waals surface area contributed by atoms with Gasteiger partial charge in [-0.1, -0.05) is 12.1 Å². The molecule has 2 aliphatic carbocycles. The number of aliphatic hydroxyl groups is 2. The number of ketones is 2. The number of phenols is 2. The minimum absolute atomic E-state index is 0. The maximum atomic E-state index is 13.9. The average molecular weight is 646 g/mol. The highest BCUT2D eigenvalue weighted by Gasteiger charge is 2.49. The van der Waals surface area contributed by atoms with Crippen LogP contribution in [0.4, 0.5) is 0 Å². The molecule has 0 amide bonds. The third-order valence-electron chi connectivity index (χ3n) is 9.44. The Morgan fingerprint density at radius 2 is 1.78 bits per heavy atom. The molecule has 2 saturated heterocycles. The zero-order valence-corrected chi connectivity index (χ0v) is 26.3. The number of carbonyl (C=O) groups excluding carboxylic acids is 2. The molecule has 6 N–H and O–H groups in total. The Morgan fingerprint density at radius 1 is 1.09 bits per heavy atom. The second kappa shape index (κ2) is 12.5. The van der Waals surface area contributed by atoms with E-state index in [0.717, 1.165) is 32.4 Å². The number of phenolic OH excluding ortho intramolecular Hbond substituents is 2. The summed E-state index contributed by atoms with van der Waals surface area (Å²) in [7, 11) is 1.37. The number of hydrogen-bond donors (Lipinski definition) is 5. The fraction of sp³-hybridized carbons (Fsp3) is 0.531. The predicted octanol–water partition coefficient (Wildman–Crippen LogP) is 2.72. The van der Waals surface area contributed by atoms with Crippen LogP contribution in [0.15, 0.2) is 23.3 Å². The third kappa shape index (κ3) is 5.57. The largest absolute Gasteiger partial charge is 0.507 e. The molecule has 12 nitrogen and oxygen atoms in total. The number of hydrazone groups is 1. The lowest BCUT2D eigenvalue weighted by Crippen LogP contribution is -2.52. The summed E-state index contributed by atoms with van der Waals surface area (Å²) in [6, 6.07) is 3.93. The number of nitrogens with zero attached hydrogens (tertiary/aromatic N) is 2. The number of aliphatic hydroxyl groups excluding tert-OH is 1. The molecule has 0 bridgehead atoms. The van der Waals surface area contributed by atoms with E-state index >= 15 is 0 Å². The Balaban J connectivity index is 0.00000400. The lowest BCUT2D eigenvalue weighted by Gasteiger charge is -2.43. The third-order valence-corrected chi connectivity index (χ3v) is 9.44. The number of methoxy groups -OCH3 is 1. The van der Waals surface area contributed by atoms with Gasteiger partial charge in [0.05, 0.1) is 47.8 Å². The minimum atomic E-state index is -1.64. The van der Waals surface area contributed by atoms with Crippen LogP contribution in [0.1, 0.15) is 95.0 Å². The highest BCUT2D eigenvalue weighted by molar-refractivity contribution is 6.31. The van der Waals surface area contributed by atoms with Gasteiger partial charge in [0.1, 0.15) is 22.8 Å². The number of benzene rings is 2. The molecule has 2 aromatic carbocycles. The number of piperidine rings is 1. The predicted molar refractivity (Wildman–Crippen MR) is 165 cm³/mol. The molecule has 2 aliphatic heterocycles. The van der Waals surface area contributed by atoms with E-state index in [4.69, 9.17) is 25.0 Å². The van der Waals surface area contributed by atoms with Gasteiger partial charge >= 0.3 is 0 Å². The number of carbonyl (C=O) groups is 2. The first-order valence-corrected chi connectivity index (χ1v) is 15.1. The molecule has 45 heavy (non-hydrogen) atoms. The molecule has 0 aromatic heterocycles. The Labute approximate surface area is 267 Å². The Morgan fingerprint density at radius 3 is 2.44 bits per heavy atom. The summed E-state index contributed by atoms with van der Waals surface area (Å²) in [5, 5.41) is 52.5. The summed E-state index contributed by atoms with van der Waals surface area (Å²) >= 11 is 0. The Hall–Kier alpha value is -3.26. The van der Waals surface area contributed by atoms with Crippen LogP contribution in [0.2, 0.25) is 0 Å². The van der Waals surface area contributed by atoms with E-state index in [-0.39, 0.29) is 70.8 Å². The molecule has 0 saturated carbocycles. The van der Waals surface area contributed by atoms with Crippen LogP contribution in [0.3, 0.4) is 0 Å². The number of nitrogens with two attached hydrogens (primary N) is 1. The van der Waals surface area contributed by atoms with Crippen molar-refractivity contribution in [3.63, 3.8) is 0 Å². The van der Waals surface area contributed by atoms with E-state index in [1.54, 1.807) is 26.0 Å². The van der Waals surface area contributed by atoms with Gasteiger partial charge in [0, 0.05) is 55.1 Å². The summed E-state index contributed by atoms with van der Waals surface area (Å²) in [5.74, 6) is -2.21. The number of aromatic hydroxyl groups is 2.